The topological polar surface area (TPSA) is 38.1 Å². The zero-order valence-corrected chi connectivity index (χ0v) is 12.7. The van der Waals surface area contributed by atoms with Crippen molar-refractivity contribution in [1.82, 2.24) is 9.55 Å². The van der Waals surface area contributed by atoms with Gasteiger partial charge >= 0.3 is 0 Å². The summed E-state index contributed by atoms with van der Waals surface area (Å²) in [6.45, 7) is 2.09. The molecule has 0 saturated heterocycles. The Kier molecular flexibility index (Phi) is 2.79. The monoisotopic (exact) mass is 291 g/mol. The molecule has 4 heteroatoms. The van der Waals surface area contributed by atoms with Crippen LogP contribution >= 0.6 is 0 Å². The van der Waals surface area contributed by atoms with Gasteiger partial charge in [-0.3, -0.25) is 4.79 Å². The summed E-state index contributed by atoms with van der Waals surface area (Å²) in [5, 5.41) is 0. The van der Waals surface area contributed by atoms with Gasteiger partial charge in [0.05, 0.1) is 17.4 Å². The Morgan fingerprint density at radius 2 is 2.05 bits per heavy atom. The molecule has 1 unspecified atom stereocenters. The first-order chi connectivity index (χ1) is 10.6. The molecule has 0 N–H and O–H groups in total. The number of nitrogens with zero attached hydrogens (tertiary/aromatic N) is 3. The molecule has 110 valence electrons. The van der Waals surface area contributed by atoms with Crippen LogP contribution in [0.3, 0.4) is 0 Å². The van der Waals surface area contributed by atoms with Gasteiger partial charge in [-0.25, -0.2) is 4.98 Å². The fourth-order valence-corrected chi connectivity index (χ4v) is 3.28. The molecular weight excluding hydrogens is 274 g/mol. The quantitative estimate of drug-likeness (QED) is 0.690. The maximum absolute atomic E-state index is 13.0. The number of aryl methyl sites for hydroxylation is 1. The third-order valence-electron chi connectivity index (χ3n) is 4.40. The standard InChI is InChI=1S/C18H17N3O/c1-12-9-13-5-3-4-6-16(13)21(12)18(22)14-7-8-17-15(10-14)19-11-20(17)2/h3-8,10-12H,9H2,1-2H3. The van der Waals surface area contributed by atoms with Crippen LogP contribution in [0.25, 0.3) is 11.0 Å². The summed E-state index contributed by atoms with van der Waals surface area (Å²) >= 11 is 0. The van der Waals surface area contributed by atoms with Crippen molar-refractivity contribution in [2.45, 2.75) is 19.4 Å². The number of hydrogen-bond acceptors (Lipinski definition) is 2. The van der Waals surface area contributed by atoms with Crippen LogP contribution in [0.4, 0.5) is 5.69 Å². The molecule has 22 heavy (non-hydrogen) atoms. The molecule has 2 heterocycles. The van der Waals surface area contributed by atoms with Crippen molar-refractivity contribution >= 4 is 22.6 Å². The molecule has 1 atom stereocenters. The summed E-state index contributed by atoms with van der Waals surface area (Å²) < 4.78 is 1.96. The molecule has 1 aliphatic heterocycles. The molecule has 0 aliphatic carbocycles. The normalized spacial score (nSPS) is 17.0. The first-order valence-corrected chi connectivity index (χ1v) is 7.47. The largest absolute Gasteiger partial charge is 0.334 e. The molecule has 1 aliphatic rings. The van der Waals surface area contributed by atoms with Crippen molar-refractivity contribution in [3.63, 3.8) is 0 Å². The third kappa shape index (κ3) is 1.84. The average Bonchev–Trinajstić information content (AvgIpc) is 3.06. The molecule has 1 aromatic heterocycles. The van der Waals surface area contributed by atoms with Crippen LogP contribution in [0.1, 0.15) is 22.8 Å². The van der Waals surface area contributed by atoms with Crippen molar-refractivity contribution in [2.75, 3.05) is 4.90 Å². The lowest BCUT2D eigenvalue weighted by molar-refractivity contribution is 0.0981. The van der Waals surface area contributed by atoms with Crippen molar-refractivity contribution in [1.29, 1.82) is 0 Å². The number of hydrogen-bond donors (Lipinski definition) is 0. The van der Waals surface area contributed by atoms with E-state index in [2.05, 4.69) is 18.0 Å². The molecule has 0 fully saturated rings. The highest BCUT2D eigenvalue weighted by Gasteiger charge is 2.31. The zero-order chi connectivity index (χ0) is 15.3. The Morgan fingerprint density at radius 3 is 2.91 bits per heavy atom. The molecule has 4 rings (SSSR count). The minimum Gasteiger partial charge on any atom is -0.334 e. The lowest BCUT2D eigenvalue weighted by atomic mass is 10.1. The number of carbonyl (C=O) groups is 1. The highest BCUT2D eigenvalue weighted by molar-refractivity contribution is 6.09. The fourth-order valence-electron chi connectivity index (χ4n) is 3.28. The first-order valence-electron chi connectivity index (χ1n) is 7.47. The van der Waals surface area contributed by atoms with Crippen LogP contribution in [0.5, 0.6) is 0 Å². The summed E-state index contributed by atoms with van der Waals surface area (Å²) in [4.78, 5) is 19.2. The van der Waals surface area contributed by atoms with E-state index in [9.17, 15) is 4.79 Å². The first kappa shape index (κ1) is 13.1. The number of para-hydroxylation sites is 1. The van der Waals surface area contributed by atoms with E-state index in [-0.39, 0.29) is 11.9 Å². The molecule has 1 amide bonds. The molecule has 0 radical (unpaired) electrons. The van der Waals surface area contributed by atoms with Crippen LogP contribution in [0.15, 0.2) is 48.8 Å². The second-order valence-corrected chi connectivity index (χ2v) is 5.92. The van der Waals surface area contributed by atoms with Crippen molar-refractivity contribution < 1.29 is 4.79 Å². The molecule has 0 saturated carbocycles. The Balaban J connectivity index is 1.77. The third-order valence-corrected chi connectivity index (χ3v) is 4.40. The number of rotatable bonds is 1. The van der Waals surface area contributed by atoms with Gasteiger partial charge in [0.2, 0.25) is 0 Å². The Hall–Kier alpha value is -2.62. The summed E-state index contributed by atoms with van der Waals surface area (Å²) in [6.07, 6.45) is 2.68. The predicted octanol–water partition coefficient (Wildman–Crippen LogP) is 3.16. The Morgan fingerprint density at radius 1 is 1.23 bits per heavy atom. The minimum atomic E-state index is 0.0463. The number of anilines is 1. The van der Waals surface area contributed by atoms with Crippen LogP contribution in [-0.4, -0.2) is 21.5 Å². The fraction of sp³-hybridized carbons (Fsp3) is 0.222. The van der Waals surface area contributed by atoms with Crippen molar-refractivity contribution in [2.24, 2.45) is 7.05 Å². The number of fused-ring (bicyclic) bond motifs is 2. The summed E-state index contributed by atoms with van der Waals surface area (Å²) in [5.74, 6) is 0.0463. The van der Waals surface area contributed by atoms with E-state index in [0.29, 0.717) is 5.56 Å². The SMILES string of the molecule is CC1Cc2ccccc2N1C(=O)c1ccc2c(c1)ncn2C. The van der Waals surface area contributed by atoms with Crippen LogP contribution in [0.2, 0.25) is 0 Å². The van der Waals surface area contributed by atoms with Crippen molar-refractivity contribution in [3.05, 3.63) is 59.9 Å². The van der Waals surface area contributed by atoms with Gasteiger partial charge < -0.3 is 9.47 Å². The minimum absolute atomic E-state index is 0.0463. The summed E-state index contributed by atoms with van der Waals surface area (Å²) in [5.41, 5.74) is 4.85. The van der Waals surface area contributed by atoms with Crippen LogP contribution < -0.4 is 4.90 Å². The van der Waals surface area contributed by atoms with Gasteiger partial charge in [-0.15, -0.1) is 0 Å². The number of benzene rings is 2. The number of amides is 1. The van der Waals surface area contributed by atoms with Gasteiger partial charge in [0.15, 0.2) is 0 Å². The van der Waals surface area contributed by atoms with Crippen LogP contribution in [-0.2, 0) is 13.5 Å². The highest BCUT2D eigenvalue weighted by Crippen LogP contribution is 2.33. The van der Waals surface area contributed by atoms with Crippen LogP contribution in [0, 0.1) is 0 Å². The Labute approximate surface area is 129 Å². The average molecular weight is 291 g/mol. The number of carbonyl (C=O) groups excluding carboxylic acids is 1. The lowest BCUT2D eigenvalue weighted by Gasteiger charge is -2.22. The molecular formula is C18H17N3O. The second kappa shape index (κ2) is 4.70. The maximum Gasteiger partial charge on any atom is 0.258 e. The zero-order valence-electron chi connectivity index (χ0n) is 12.7. The molecule has 4 nitrogen and oxygen atoms in total. The van der Waals surface area contributed by atoms with E-state index < -0.39 is 0 Å². The maximum atomic E-state index is 13.0. The number of imidazole rings is 1. The molecule has 0 spiro atoms. The predicted molar refractivity (Wildman–Crippen MR) is 87.1 cm³/mol. The van der Waals surface area contributed by atoms with E-state index in [1.165, 1.54) is 5.56 Å². The smallest absolute Gasteiger partial charge is 0.258 e. The van der Waals surface area contributed by atoms with E-state index in [1.54, 1.807) is 6.33 Å². The van der Waals surface area contributed by atoms with E-state index in [4.69, 9.17) is 0 Å². The summed E-state index contributed by atoms with van der Waals surface area (Å²) in [6, 6.07) is 14.0. The van der Waals surface area contributed by atoms with E-state index in [0.717, 1.165) is 23.1 Å². The van der Waals surface area contributed by atoms with Gasteiger partial charge in [-0.05, 0) is 43.2 Å². The molecule has 0 bridgehead atoms. The van der Waals surface area contributed by atoms with Gasteiger partial charge in [0, 0.05) is 24.3 Å². The van der Waals surface area contributed by atoms with Gasteiger partial charge in [-0.2, -0.15) is 0 Å². The second-order valence-electron chi connectivity index (χ2n) is 5.92. The van der Waals surface area contributed by atoms with Crippen molar-refractivity contribution in [3.8, 4) is 0 Å². The van der Waals surface area contributed by atoms with Gasteiger partial charge in [0.1, 0.15) is 0 Å². The molecule has 2 aromatic carbocycles. The summed E-state index contributed by atoms with van der Waals surface area (Å²) in [7, 11) is 1.95. The Bertz CT molecular complexity index is 881. The van der Waals surface area contributed by atoms with E-state index in [1.807, 2.05) is 52.9 Å². The van der Waals surface area contributed by atoms with Gasteiger partial charge in [0.25, 0.3) is 5.91 Å². The highest BCUT2D eigenvalue weighted by atomic mass is 16.2. The van der Waals surface area contributed by atoms with E-state index >= 15 is 0 Å². The lowest BCUT2D eigenvalue weighted by Crippen LogP contribution is -2.35. The van der Waals surface area contributed by atoms with Gasteiger partial charge in [-0.1, -0.05) is 18.2 Å². The number of aromatic nitrogens is 2. The molecule has 3 aromatic rings.